The number of fused-ring (bicyclic) bond motifs is 1. The Kier molecular flexibility index (Phi) is 3.80. The summed E-state index contributed by atoms with van der Waals surface area (Å²) in [5.41, 5.74) is 3.19. The molecule has 1 aliphatic heterocycles. The van der Waals surface area contributed by atoms with E-state index in [9.17, 15) is 9.59 Å². The predicted octanol–water partition coefficient (Wildman–Crippen LogP) is 3.80. The minimum Gasteiger partial charge on any atom is -0.319 e. The van der Waals surface area contributed by atoms with Gasteiger partial charge in [-0.3, -0.25) is 9.69 Å². The molecular weight excluding hydrogens is 336 g/mol. The molecule has 1 atom stereocenters. The van der Waals surface area contributed by atoms with Crippen LogP contribution in [-0.4, -0.2) is 16.8 Å². The Labute approximate surface area is 151 Å². The summed E-state index contributed by atoms with van der Waals surface area (Å²) in [6.07, 6.45) is 3.27. The Morgan fingerprint density at radius 3 is 2.68 bits per heavy atom. The standard InChI is InChI=1S/C20H19ClN2O2/c1-20(16-10-9-13-6-4-7-14(13)11-16)18(24)23(19(25)22-20)12-15-5-2-3-8-17(15)21/h2-3,5,8-11H,4,6-7,12H2,1H3,(H,22,25). The summed E-state index contributed by atoms with van der Waals surface area (Å²) in [6.45, 7) is 1.95. The Hall–Kier alpha value is -2.33. The van der Waals surface area contributed by atoms with E-state index in [0.717, 1.165) is 30.4 Å². The zero-order valence-corrected chi connectivity index (χ0v) is 14.8. The van der Waals surface area contributed by atoms with Crippen LogP contribution in [0.1, 0.15) is 35.6 Å². The lowest BCUT2D eigenvalue weighted by molar-refractivity contribution is -0.131. The highest BCUT2D eigenvalue weighted by Crippen LogP contribution is 2.33. The Bertz CT molecular complexity index is 880. The normalized spacial score (nSPS) is 22.2. The molecule has 0 radical (unpaired) electrons. The topological polar surface area (TPSA) is 49.4 Å². The number of benzene rings is 2. The summed E-state index contributed by atoms with van der Waals surface area (Å²) in [5, 5.41) is 3.42. The molecular formula is C20H19ClN2O2. The Balaban J connectivity index is 1.65. The van der Waals surface area contributed by atoms with E-state index in [4.69, 9.17) is 11.6 Å². The van der Waals surface area contributed by atoms with Crippen LogP contribution >= 0.6 is 11.6 Å². The average Bonchev–Trinajstić information content (AvgIpc) is 3.15. The van der Waals surface area contributed by atoms with Crippen LogP contribution in [0.5, 0.6) is 0 Å². The van der Waals surface area contributed by atoms with E-state index in [1.165, 1.54) is 16.0 Å². The molecule has 0 saturated carbocycles. The van der Waals surface area contributed by atoms with Crippen LogP contribution in [0.2, 0.25) is 5.02 Å². The average molecular weight is 355 g/mol. The molecule has 2 aliphatic rings. The number of carbonyl (C=O) groups excluding carboxylic acids is 2. The van der Waals surface area contributed by atoms with E-state index in [2.05, 4.69) is 17.4 Å². The van der Waals surface area contributed by atoms with Crippen LogP contribution in [-0.2, 0) is 29.7 Å². The molecule has 0 aromatic heterocycles. The first kappa shape index (κ1) is 16.2. The molecule has 1 unspecified atom stereocenters. The minimum absolute atomic E-state index is 0.171. The molecule has 1 saturated heterocycles. The number of rotatable bonds is 3. The van der Waals surface area contributed by atoms with Gasteiger partial charge in [0.2, 0.25) is 0 Å². The Morgan fingerprint density at radius 2 is 1.88 bits per heavy atom. The van der Waals surface area contributed by atoms with Gasteiger partial charge in [0, 0.05) is 5.02 Å². The lowest BCUT2D eigenvalue weighted by atomic mass is 9.89. The van der Waals surface area contributed by atoms with Crippen molar-refractivity contribution in [2.75, 3.05) is 0 Å². The van der Waals surface area contributed by atoms with E-state index in [1.54, 1.807) is 13.0 Å². The van der Waals surface area contributed by atoms with Gasteiger partial charge in [0.25, 0.3) is 5.91 Å². The summed E-state index contributed by atoms with van der Waals surface area (Å²) in [4.78, 5) is 26.8. The number of aryl methyl sites for hydroxylation is 2. The van der Waals surface area contributed by atoms with Crippen molar-refractivity contribution in [2.45, 2.75) is 38.3 Å². The van der Waals surface area contributed by atoms with E-state index in [-0.39, 0.29) is 18.5 Å². The van der Waals surface area contributed by atoms with Gasteiger partial charge in [-0.25, -0.2) is 4.79 Å². The third-order valence-electron chi connectivity index (χ3n) is 5.24. The number of imide groups is 1. The minimum atomic E-state index is -1.03. The monoisotopic (exact) mass is 354 g/mol. The van der Waals surface area contributed by atoms with Gasteiger partial charge < -0.3 is 5.32 Å². The van der Waals surface area contributed by atoms with Crippen LogP contribution in [0.3, 0.4) is 0 Å². The molecule has 1 fully saturated rings. The highest BCUT2D eigenvalue weighted by molar-refractivity contribution is 6.31. The Morgan fingerprint density at radius 1 is 1.12 bits per heavy atom. The quantitative estimate of drug-likeness (QED) is 0.852. The molecule has 2 aromatic rings. The fraction of sp³-hybridized carbons (Fsp3) is 0.300. The van der Waals surface area contributed by atoms with Crippen LogP contribution in [0, 0.1) is 0 Å². The van der Waals surface area contributed by atoms with Gasteiger partial charge in [0.05, 0.1) is 6.54 Å². The number of amides is 3. The third kappa shape index (κ3) is 2.61. The van der Waals surface area contributed by atoms with E-state index < -0.39 is 5.54 Å². The van der Waals surface area contributed by atoms with Gasteiger partial charge in [-0.05, 0) is 54.5 Å². The first-order valence-corrected chi connectivity index (χ1v) is 8.86. The summed E-state index contributed by atoms with van der Waals surface area (Å²) in [6, 6.07) is 13.0. The van der Waals surface area contributed by atoms with Crippen molar-refractivity contribution in [3.63, 3.8) is 0 Å². The zero-order valence-electron chi connectivity index (χ0n) is 14.0. The highest BCUT2D eigenvalue weighted by atomic mass is 35.5. The molecule has 3 amide bonds. The molecule has 1 heterocycles. The summed E-state index contributed by atoms with van der Waals surface area (Å²) in [7, 11) is 0. The first-order chi connectivity index (χ1) is 12.0. The number of nitrogens with zero attached hydrogens (tertiary/aromatic N) is 1. The first-order valence-electron chi connectivity index (χ1n) is 8.49. The molecule has 2 aromatic carbocycles. The van der Waals surface area contributed by atoms with Crippen molar-refractivity contribution < 1.29 is 9.59 Å². The number of hydrogen-bond acceptors (Lipinski definition) is 2. The van der Waals surface area contributed by atoms with Crippen molar-refractivity contribution in [1.29, 1.82) is 0 Å². The lowest BCUT2D eigenvalue weighted by Gasteiger charge is -2.23. The van der Waals surface area contributed by atoms with E-state index >= 15 is 0 Å². The van der Waals surface area contributed by atoms with Crippen molar-refractivity contribution in [3.8, 4) is 0 Å². The molecule has 0 bridgehead atoms. The molecule has 4 nitrogen and oxygen atoms in total. The molecule has 0 spiro atoms. The summed E-state index contributed by atoms with van der Waals surface area (Å²) >= 11 is 6.18. The number of carbonyl (C=O) groups is 2. The predicted molar refractivity (Wildman–Crippen MR) is 96.4 cm³/mol. The fourth-order valence-corrected chi connectivity index (χ4v) is 3.91. The maximum Gasteiger partial charge on any atom is 0.325 e. The smallest absolute Gasteiger partial charge is 0.319 e. The van der Waals surface area contributed by atoms with Crippen LogP contribution in [0.15, 0.2) is 42.5 Å². The molecule has 1 aliphatic carbocycles. The van der Waals surface area contributed by atoms with E-state index in [1.807, 2.05) is 24.3 Å². The van der Waals surface area contributed by atoms with Gasteiger partial charge in [0.1, 0.15) is 5.54 Å². The van der Waals surface area contributed by atoms with Crippen LogP contribution < -0.4 is 5.32 Å². The maximum atomic E-state index is 13.1. The van der Waals surface area contributed by atoms with Gasteiger partial charge in [-0.2, -0.15) is 0 Å². The van der Waals surface area contributed by atoms with Gasteiger partial charge in [-0.1, -0.05) is 48.0 Å². The largest absolute Gasteiger partial charge is 0.325 e. The maximum absolute atomic E-state index is 13.1. The fourth-order valence-electron chi connectivity index (χ4n) is 3.72. The molecule has 128 valence electrons. The number of hydrogen-bond donors (Lipinski definition) is 1. The SMILES string of the molecule is CC1(c2ccc3c(c2)CCC3)NC(=O)N(Cc2ccccc2Cl)C1=O. The second kappa shape index (κ2) is 5.88. The van der Waals surface area contributed by atoms with Gasteiger partial charge in [0.15, 0.2) is 0 Å². The highest BCUT2D eigenvalue weighted by Gasteiger charge is 2.49. The number of urea groups is 1. The van der Waals surface area contributed by atoms with Crippen LogP contribution in [0.4, 0.5) is 4.79 Å². The number of halogens is 1. The van der Waals surface area contributed by atoms with Crippen molar-refractivity contribution >= 4 is 23.5 Å². The molecule has 1 N–H and O–H groups in total. The van der Waals surface area contributed by atoms with Gasteiger partial charge >= 0.3 is 6.03 Å². The second-order valence-corrected chi connectivity index (χ2v) is 7.28. The number of nitrogens with one attached hydrogen (secondary N) is 1. The second-order valence-electron chi connectivity index (χ2n) is 6.87. The zero-order chi connectivity index (χ0) is 17.6. The van der Waals surface area contributed by atoms with Gasteiger partial charge in [-0.15, -0.1) is 0 Å². The third-order valence-corrected chi connectivity index (χ3v) is 5.61. The lowest BCUT2D eigenvalue weighted by Crippen LogP contribution is -2.41. The molecule has 5 heteroatoms. The molecule has 25 heavy (non-hydrogen) atoms. The van der Waals surface area contributed by atoms with E-state index in [0.29, 0.717) is 5.02 Å². The van der Waals surface area contributed by atoms with Crippen molar-refractivity contribution in [3.05, 3.63) is 69.7 Å². The molecule has 4 rings (SSSR count). The van der Waals surface area contributed by atoms with Crippen molar-refractivity contribution in [2.24, 2.45) is 0 Å². The van der Waals surface area contributed by atoms with Crippen LogP contribution in [0.25, 0.3) is 0 Å². The van der Waals surface area contributed by atoms with Crippen molar-refractivity contribution in [1.82, 2.24) is 10.2 Å². The summed E-state index contributed by atoms with van der Waals surface area (Å²) in [5.74, 6) is -0.240. The summed E-state index contributed by atoms with van der Waals surface area (Å²) < 4.78 is 0.